The standard InChI is InChI=1S/C14H22N2/c1-2-4-11-5-3-6-13(9-11)14(16-15)10-12-7-8-12/h3,5-6,9,12,14,16H,2,4,7-8,10,15H2,1H3. The quantitative estimate of drug-likeness (QED) is 0.569. The molecule has 1 aliphatic rings. The van der Waals surface area contributed by atoms with Gasteiger partial charge in [-0.05, 0) is 29.9 Å². The maximum atomic E-state index is 5.65. The van der Waals surface area contributed by atoms with Gasteiger partial charge in [0.25, 0.3) is 0 Å². The minimum Gasteiger partial charge on any atom is -0.271 e. The van der Waals surface area contributed by atoms with Gasteiger partial charge in [0.15, 0.2) is 0 Å². The molecule has 1 unspecified atom stereocenters. The molecule has 3 N–H and O–H groups in total. The minimum atomic E-state index is 0.337. The number of hydrogen-bond donors (Lipinski definition) is 2. The number of hydrazine groups is 1. The van der Waals surface area contributed by atoms with E-state index in [1.54, 1.807) is 0 Å². The third-order valence-electron chi connectivity index (χ3n) is 3.36. The molecule has 1 aromatic carbocycles. The van der Waals surface area contributed by atoms with Crippen LogP contribution >= 0.6 is 0 Å². The van der Waals surface area contributed by atoms with Crippen LogP contribution in [0.25, 0.3) is 0 Å². The molecule has 0 amide bonds. The number of benzene rings is 1. The van der Waals surface area contributed by atoms with E-state index in [2.05, 4.69) is 36.6 Å². The van der Waals surface area contributed by atoms with E-state index in [9.17, 15) is 0 Å². The van der Waals surface area contributed by atoms with Crippen molar-refractivity contribution in [3.05, 3.63) is 35.4 Å². The highest BCUT2D eigenvalue weighted by atomic mass is 15.2. The monoisotopic (exact) mass is 218 g/mol. The third kappa shape index (κ3) is 3.06. The van der Waals surface area contributed by atoms with Crippen LogP contribution in [0.1, 0.15) is 49.8 Å². The molecule has 0 heterocycles. The number of nitrogens with one attached hydrogen (secondary N) is 1. The Hall–Kier alpha value is -0.860. The lowest BCUT2D eigenvalue weighted by Gasteiger charge is -2.16. The molecule has 0 bridgehead atoms. The highest BCUT2D eigenvalue weighted by Crippen LogP contribution is 2.37. The van der Waals surface area contributed by atoms with Gasteiger partial charge in [0.2, 0.25) is 0 Å². The van der Waals surface area contributed by atoms with Gasteiger partial charge in [-0.3, -0.25) is 11.3 Å². The first-order valence-corrected chi connectivity index (χ1v) is 6.38. The Bertz CT molecular complexity index is 331. The summed E-state index contributed by atoms with van der Waals surface area (Å²) in [6, 6.07) is 9.18. The maximum Gasteiger partial charge on any atom is 0.0462 e. The van der Waals surface area contributed by atoms with Crippen LogP contribution in [0, 0.1) is 5.92 Å². The van der Waals surface area contributed by atoms with E-state index >= 15 is 0 Å². The summed E-state index contributed by atoms with van der Waals surface area (Å²) in [7, 11) is 0. The van der Waals surface area contributed by atoms with Crippen molar-refractivity contribution in [2.75, 3.05) is 0 Å². The van der Waals surface area contributed by atoms with Gasteiger partial charge in [0.1, 0.15) is 0 Å². The van der Waals surface area contributed by atoms with Crippen molar-refractivity contribution in [3.63, 3.8) is 0 Å². The Morgan fingerprint density at radius 1 is 1.44 bits per heavy atom. The van der Waals surface area contributed by atoms with Gasteiger partial charge >= 0.3 is 0 Å². The van der Waals surface area contributed by atoms with Gasteiger partial charge in [0, 0.05) is 6.04 Å². The topological polar surface area (TPSA) is 38.0 Å². The molecule has 0 aromatic heterocycles. The predicted octanol–water partition coefficient (Wildman–Crippen LogP) is 2.94. The lowest BCUT2D eigenvalue weighted by Crippen LogP contribution is -2.28. The van der Waals surface area contributed by atoms with E-state index in [1.165, 1.54) is 36.8 Å². The third-order valence-corrected chi connectivity index (χ3v) is 3.36. The first-order valence-electron chi connectivity index (χ1n) is 6.38. The van der Waals surface area contributed by atoms with Crippen LogP contribution in [0.15, 0.2) is 24.3 Å². The normalized spacial score (nSPS) is 17.4. The predicted molar refractivity (Wildman–Crippen MR) is 67.8 cm³/mol. The van der Waals surface area contributed by atoms with Crippen molar-refractivity contribution in [1.82, 2.24) is 5.43 Å². The van der Waals surface area contributed by atoms with Crippen molar-refractivity contribution >= 4 is 0 Å². The van der Waals surface area contributed by atoms with Gasteiger partial charge in [-0.25, -0.2) is 0 Å². The lowest BCUT2D eigenvalue weighted by atomic mass is 9.98. The second kappa shape index (κ2) is 5.46. The Morgan fingerprint density at radius 2 is 2.25 bits per heavy atom. The molecule has 1 saturated carbocycles. The summed E-state index contributed by atoms with van der Waals surface area (Å²) in [5.41, 5.74) is 5.73. The molecule has 88 valence electrons. The minimum absolute atomic E-state index is 0.337. The Kier molecular flexibility index (Phi) is 3.97. The van der Waals surface area contributed by atoms with Crippen LogP contribution in [0.4, 0.5) is 0 Å². The van der Waals surface area contributed by atoms with Crippen molar-refractivity contribution in [2.24, 2.45) is 11.8 Å². The summed E-state index contributed by atoms with van der Waals surface area (Å²) in [4.78, 5) is 0. The summed E-state index contributed by atoms with van der Waals surface area (Å²) in [5.74, 6) is 6.55. The molecule has 1 fully saturated rings. The first kappa shape index (κ1) is 11.6. The molecule has 0 saturated heterocycles. The highest BCUT2D eigenvalue weighted by Gasteiger charge is 2.25. The summed E-state index contributed by atoms with van der Waals surface area (Å²) in [6.45, 7) is 2.22. The lowest BCUT2D eigenvalue weighted by molar-refractivity contribution is 0.487. The van der Waals surface area contributed by atoms with Crippen molar-refractivity contribution < 1.29 is 0 Å². The van der Waals surface area contributed by atoms with Crippen LogP contribution in [0.5, 0.6) is 0 Å². The van der Waals surface area contributed by atoms with Crippen molar-refractivity contribution in [3.8, 4) is 0 Å². The molecule has 16 heavy (non-hydrogen) atoms. The molecule has 1 atom stereocenters. The van der Waals surface area contributed by atoms with Crippen LogP contribution in [-0.2, 0) is 6.42 Å². The second-order valence-electron chi connectivity index (χ2n) is 4.89. The van der Waals surface area contributed by atoms with Gasteiger partial charge < -0.3 is 0 Å². The maximum absolute atomic E-state index is 5.65. The fourth-order valence-electron chi connectivity index (χ4n) is 2.24. The zero-order valence-corrected chi connectivity index (χ0v) is 10.1. The van der Waals surface area contributed by atoms with Crippen LogP contribution in [-0.4, -0.2) is 0 Å². The average molecular weight is 218 g/mol. The van der Waals surface area contributed by atoms with E-state index in [1.807, 2.05) is 0 Å². The molecular weight excluding hydrogens is 196 g/mol. The van der Waals surface area contributed by atoms with Crippen LogP contribution in [0.2, 0.25) is 0 Å². The van der Waals surface area contributed by atoms with Crippen molar-refractivity contribution in [2.45, 2.75) is 45.1 Å². The fourth-order valence-corrected chi connectivity index (χ4v) is 2.24. The molecule has 2 nitrogen and oxygen atoms in total. The number of aryl methyl sites for hydroxylation is 1. The molecule has 0 aliphatic heterocycles. The molecular formula is C14H22N2. The first-order chi connectivity index (χ1) is 7.83. The smallest absolute Gasteiger partial charge is 0.0462 e. The van der Waals surface area contributed by atoms with Gasteiger partial charge in [-0.1, -0.05) is 50.5 Å². The average Bonchev–Trinajstić information content (AvgIpc) is 3.10. The molecule has 1 aromatic rings. The second-order valence-corrected chi connectivity index (χ2v) is 4.89. The summed E-state index contributed by atoms with van der Waals surface area (Å²) in [6.07, 6.45) is 6.31. The Morgan fingerprint density at radius 3 is 2.88 bits per heavy atom. The molecule has 2 heteroatoms. The SMILES string of the molecule is CCCc1cccc(C(CC2CC2)NN)c1. The van der Waals surface area contributed by atoms with E-state index < -0.39 is 0 Å². The van der Waals surface area contributed by atoms with Crippen LogP contribution < -0.4 is 11.3 Å². The molecule has 0 spiro atoms. The largest absolute Gasteiger partial charge is 0.271 e. The van der Waals surface area contributed by atoms with Gasteiger partial charge in [-0.15, -0.1) is 0 Å². The number of hydrogen-bond acceptors (Lipinski definition) is 2. The number of nitrogens with two attached hydrogens (primary N) is 1. The highest BCUT2D eigenvalue weighted by molar-refractivity contribution is 5.26. The van der Waals surface area contributed by atoms with E-state index in [0.29, 0.717) is 6.04 Å². The molecule has 2 rings (SSSR count). The van der Waals surface area contributed by atoms with E-state index in [4.69, 9.17) is 5.84 Å². The summed E-state index contributed by atoms with van der Waals surface area (Å²) >= 11 is 0. The van der Waals surface area contributed by atoms with Crippen molar-refractivity contribution in [1.29, 1.82) is 0 Å². The summed E-state index contributed by atoms with van der Waals surface area (Å²) < 4.78 is 0. The van der Waals surface area contributed by atoms with Gasteiger partial charge in [-0.2, -0.15) is 0 Å². The Balaban J connectivity index is 2.06. The Labute approximate surface area is 98.2 Å². The molecule has 1 aliphatic carbocycles. The van der Waals surface area contributed by atoms with E-state index in [0.717, 1.165) is 12.3 Å². The number of rotatable bonds is 6. The van der Waals surface area contributed by atoms with Crippen LogP contribution in [0.3, 0.4) is 0 Å². The fraction of sp³-hybridized carbons (Fsp3) is 0.571. The van der Waals surface area contributed by atoms with E-state index in [-0.39, 0.29) is 0 Å². The van der Waals surface area contributed by atoms with Gasteiger partial charge in [0.05, 0.1) is 0 Å². The zero-order valence-electron chi connectivity index (χ0n) is 10.1. The summed E-state index contributed by atoms with van der Waals surface area (Å²) in [5, 5.41) is 0. The molecule has 0 radical (unpaired) electrons. The zero-order chi connectivity index (χ0) is 11.4.